The van der Waals surface area contributed by atoms with E-state index in [0.717, 1.165) is 33.3 Å². The van der Waals surface area contributed by atoms with Gasteiger partial charge < -0.3 is 0 Å². The van der Waals surface area contributed by atoms with Crippen LogP contribution < -0.4 is 0 Å². The topological polar surface area (TPSA) is 25.8 Å². The number of rotatable bonds is 5. The van der Waals surface area contributed by atoms with Crippen LogP contribution in [0.15, 0.2) is 182 Å². The largest absolute Gasteiger partial charge is 0.263 e. The second-order valence-corrected chi connectivity index (χ2v) is 12.2. The molecule has 9 aromatic rings. The molecule has 224 valence electrons. The normalized spacial score (nSPS) is 11.3. The van der Waals surface area contributed by atoms with Crippen LogP contribution in [-0.4, -0.2) is 9.97 Å². The number of benzene rings is 7. The molecule has 0 bridgehead atoms. The van der Waals surface area contributed by atoms with Crippen LogP contribution in [-0.2, 0) is 0 Å². The van der Waals surface area contributed by atoms with Crippen LogP contribution in [0, 0.1) is 0 Å². The van der Waals surface area contributed by atoms with Crippen molar-refractivity contribution in [2.45, 2.75) is 0 Å². The SMILES string of the molecule is c1ccc(-c2ccc3c(-c4ccc(-c5cccc(-c6cncc7ccccc67)n5)cc4)c4ccccc4c(-c4ccccc4)c3c2)cc1. The van der Waals surface area contributed by atoms with Crippen LogP contribution in [0.5, 0.6) is 0 Å². The van der Waals surface area contributed by atoms with Crippen molar-refractivity contribution in [2.75, 3.05) is 0 Å². The first-order chi connectivity index (χ1) is 23.8. The molecule has 0 atom stereocenters. The molecule has 2 aromatic heterocycles. The van der Waals surface area contributed by atoms with Crippen molar-refractivity contribution >= 4 is 32.3 Å². The predicted octanol–water partition coefficient (Wildman–Crippen LogP) is 12.3. The summed E-state index contributed by atoms with van der Waals surface area (Å²) in [4.78, 5) is 9.60. The third-order valence-electron chi connectivity index (χ3n) is 9.36. The molecular weight excluding hydrogens is 581 g/mol. The minimum absolute atomic E-state index is 0.920. The van der Waals surface area contributed by atoms with Gasteiger partial charge in [0.2, 0.25) is 0 Å². The van der Waals surface area contributed by atoms with E-state index in [1.54, 1.807) is 0 Å². The molecule has 0 fully saturated rings. The van der Waals surface area contributed by atoms with E-state index in [2.05, 4.69) is 169 Å². The first-order valence-corrected chi connectivity index (χ1v) is 16.3. The first kappa shape index (κ1) is 27.9. The molecule has 0 spiro atoms. The van der Waals surface area contributed by atoms with Crippen LogP contribution in [0.3, 0.4) is 0 Å². The van der Waals surface area contributed by atoms with E-state index in [0.29, 0.717) is 0 Å². The van der Waals surface area contributed by atoms with Crippen molar-refractivity contribution in [3.63, 3.8) is 0 Å². The van der Waals surface area contributed by atoms with E-state index in [9.17, 15) is 0 Å². The number of fused-ring (bicyclic) bond motifs is 3. The van der Waals surface area contributed by atoms with Gasteiger partial charge >= 0.3 is 0 Å². The summed E-state index contributed by atoms with van der Waals surface area (Å²) in [6.45, 7) is 0. The highest BCUT2D eigenvalue weighted by atomic mass is 14.7. The molecule has 0 saturated heterocycles. The Kier molecular flexibility index (Phi) is 6.84. The lowest BCUT2D eigenvalue weighted by Crippen LogP contribution is -1.92. The van der Waals surface area contributed by atoms with Crippen molar-refractivity contribution in [1.82, 2.24) is 9.97 Å². The summed E-state index contributed by atoms with van der Waals surface area (Å²) in [5.41, 5.74) is 11.3. The standard InChI is InChI=1S/C46H30N2/c1-3-12-31(13-4-1)35-26-27-40-41(28-35)46(33-14-5-2-6-15-33)39-19-10-9-18-38(39)45(40)34-24-22-32(23-25-34)43-20-11-21-44(48-43)42-30-47-29-36-16-7-8-17-37(36)42/h1-30H. The minimum atomic E-state index is 0.920. The molecule has 2 heterocycles. The molecule has 2 heteroatoms. The summed E-state index contributed by atoms with van der Waals surface area (Å²) in [6, 6.07) is 60.7. The van der Waals surface area contributed by atoms with Gasteiger partial charge in [-0.1, -0.05) is 152 Å². The van der Waals surface area contributed by atoms with Gasteiger partial charge in [-0.2, -0.15) is 0 Å². The smallest absolute Gasteiger partial charge is 0.0731 e. The molecule has 0 unspecified atom stereocenters. The lowest BCUT2D eigenvalue weighted by Gasteiger charge is -2.19. The Morgan fingerprint density at radius 2 is 0.854 bits per heavy atom. The van der Waals surface area contributed by atoms with Crippen molar-refractivity contribution in [3.8, 4) is 55.9 Å². The molecule has 9 rings (SSSR count). The Hall–Kier alpha value is -6.38. The van der Waals surface area contributed by atoms with Gasteiger partial charge in [-0.3, -0.25) is 4.98 Å². The molecule has 7 aromatic carbocycles. The van der Waals surface area contributed by atoms with Gasteiger partial charge in [-0.25, -0.2) is 4.98 Å². The Labute approximate surface area is 279 Å². The van der Waals surface area contributed by atoms with E-state index in [1.165, 1.54) is 54.9 Å². The average molecular weight is 611 g/mol. The number of nitrogens with zero attached hydrogens (tertiary/aromatic N) is 2. The van der Waals surface area contributed by atoms with Crippen molar-refractivity contribution in [2.24, 2.45) is 0 Å². The van der Waals surface area contributed by atoms with Crippen LogP contribution in [0.2, 0.25) is 0 Å². The fraction of sp³-hybridized carbons (Fsp3) is 0. The van der Waals surface area contributed by atoms with Crippen molar-refractivity contribution < 1.29 is 0 Å². The second-order valence-electron chi connectivity index (χ2n) is 12.2. The van der Waals surface area contributed by atoms with Gasteiger partial charge in [0.05, 0.1) is 11.4 Å². The van der Waals surface area contributed by atoms with E-state index in [4.69, 9.17) is 4.98 Å². The predicted molar refractivity (Wildman–Crippen MR) is 202 cm³/mol. The Morgan fingerprint density at radius 1 is 0.312 bits per heavy atom. The van der Waals surface area contributed by atoms with Crippen LogP contribution in [0.25, 0.3) is 88.2 Å². The number of aromatic nitrogens is 2. The van der Waals surface area contributed by atoms with Crippen LogP contribution in [0.4, 0.5) is 0 Å². The lowest BCUT2D eigenvalue weighted by molar-refractivity contribution is 1.30. The first-order valence-electron chi connectivity index (χ1n) is 16.3. The van der Waals surface area contributed by atoms with Gasteiger partial charge in [0.25, 0.3) is 0 Å². The summed E-state index contributed by atoms with van der Waals surface area (Å²) >= 11 is 0. The summed E-state index contributed by atoms with van der Waals surface area (Å²) in [5, 5.41) is 7.24. The quantitative estimate of drug-likeness (QED) is 0.181. The van der Waals surface area contributed by atoms with Gasteiger partial charge in [-0.05, 0) is 78.5 Å². The molecule has 0 N–H and O–H groups in total. The number of hydrogen-bond donors (Lipinski definition) is 0. The number of hydrogen-bond acceptors (Lipinski definition) is 2. The van der Waals surface area contributed by atoms with E-state index in [1.807, 2.05) is 18.5 Å². The zero-order valence-electron chi connectivity index (χ0n) is 26.2. The summed E-state index contributed by atoms with van der Waals surface area (Å²) < 4.78 is 0. The van der Waals surface area contributed by atoms with Crippen LogP contribution in [0.1, 0.15) is 0 Å². The summed E-state index contributed by atoms with van der Waals surface area (Å²) in [5.74, 6) is 0. The third-order valence-corrected chi connectivity index (χ3v) is 9.36. The van der Waals surface area contributed by atoms with Crippen molar-refractivity contribution in [1.29, 1.82) is 0 Å². The maximum absolute atomic E-state index is 5.11. The Morgan fingerprint density at radius 3 is 1.60 bits per heavy atom. The van der Waals surface area contributed by atoms with Gasteiger partial charge in [0.15, 0.2) is 0 Å². The highest BCUT2D eigenvalue weighted by Crippen LogP contribution is 2.45. The van der Waals surface area contributed by atoms with E-state index < -0.39 is 0 Å². The van der Waals surface area contributed by atoms with E-state index >= 15 is 0 Å². The van der Waals surface area contributed by atoms with Crippen LogP contribution >= 0.6 is 0 Å². The molecule has 0 aliphatic carbocycles. The minimum Gasteiger partial charge on any atom is -0.263 e. The molecule has 0 radical (unpaired) electrons. The maximum atomic E-state index is 5.11. The van der Waals surface area contributed by atoms with Gasteiger partial charge in [-0.15, -0.1) is 0 Å². The molecular formula is C46H30N2. The molecule has 48 heavy (non-hydrogen) atoms. The van der Waals surface area contributed by atoms with Gasteiger partial charge in [0, 0.05) is 28.9 Å². The molecule has 2 nitrogen and oxygen atoms in total. The fourth-order valence-corrected chi connectivity index (χ4v) is 7.09. The zero-order valence-corrected chi connectivity index (χ0v) is 26.2. The highest BCUT2D eigenvalue weighted by molar-refractivity contribution is 6.22. The van der Waals surface area contributed by atoms with Gasteiger partial charge in [0.1, 0.15) is 0 Å². The average Bonchev–Trinajstić information content (AvgIpc) is 3.17. The second kappa shape index (κ2) is 11.8. The monoisotopic (exact) mass is 610 g/mol. The molecule has 0 amide bonds. The third kappa shape index (κ3) is 4.83. The molecule has 0 saturated carbocycles. The lowest BCUT2D eigenvalue weighted by atomic mass is 9.84. The Bertz CT molecular complexity index is 2580. The summed E-state index contributed by atoms with van der Waals surface area (Å²) in [7, 11) is 0. The molecule has 0 aliphatic heterocycles. The maximum Gasteiger partial charge on any atom is 0.0731 e. The number of pyridine rings is 2. The van der Waals surface area contributed by atoms with E-state index in [-0.39, 0.29) is 0 Å². The summed E-state index contributed by atoms with van der Waals surface area (Å²) in [6.07, 6.45) is 3.82. The Balaban J connectivity index is 1.21. The fourth-order valence-electron chi connectivity index (χ4n) is 7.09. The zero-order chi connectivity index (χ0) is 31.9. The molecule has 0 aliphatic rings. The highest BCUT2D eigenvalue weighted by Gasteiger charge is 2.18. The van der Waals surface area contributed by atoms with Crippen molar-refractivity contribution in [3.05, 3.63) is 182 Å².